The van der Waals surface area contributed by atoms with Crippen molar-refractivity contribution in [1.29, 1.82) is 0 Å². The zero-order valence-corrected chi connectivity index (χ0v) is 13.7. The second kappa shape index (κ2) is 9.18. The first-order valence-corrected chi connectivity index (χ1v) is 7.74. The lowest BCUT2D eigenvalue weighted by molar-refractivity contribution is -0.139. The van der Waals surface area contributed by atoms with Crippen LogP contribution in [0, 0.1) is 0 Å². The molecule has 3 amide bonds. The van der Waals surface area contributed by atoms with Crippen LogP contribution >= 0.6 is 0 Å². The molecule has 10 heteroatoms. The Morgan fingerprint density at radius 2 is 1.83 bits per heavy atom. The van der Waals surface area contributed by atoms with Gasteiger partial charge in [0.2, 0.25) is 17.7 Å². The first-order chi connectivity index (χ1) is 11.2. The molecule has 0 radical (unpaired) electrons. The molecule has 1 aliphatic rings. The van der Waals surface area contributed by atoms with E-state index >= 15 is 0 Å². The molecule has 0 saturated carbocycles. The van der Waals surface area contributed by atoms with Crippen molar-refractivity contribution in [3.63, 3.8) is 0 Å². The number of carboxylic acids is 1. The summed E-state index contributed by atoms with van der Waals surface area (Å²) in [5, 5.41) is 28.1. The van der Waals surface area contributed by atoms with Gasteiger partial charge in [-0.1, -0.05) is 0 Å². The van der Waals surface area contributed by atoms with E-state index in [4.69, 9.17) is 5.11 Å². The van der Waals surface area contributed by atoms with Crippen molar-refractivity contribution in [3.05, 3.63) is 0 Å². The van der Waals surface area contributed by atoms with Gasteiger partial charge in [0.25, 0.3) is 0 Å². The smallest absolute Gasteiger partial charge is 0.322 e. The predicted octanol–water partition coefficient (Wildman–Crippen LogP) is -2.69. The van der Waals surface area contributed by atoms with Gasteiger partial charge in [-0.05, 0) is 33.2 Å². The molecule has 0 aliphatic carbocycles. The molecule has 6 N–H and O–H groups in total. The molecule has 0 spiro atoms. The molecule has 1 fully saturated rings. The van der Waals surface area contributed by atoms with E-state index < -0.39 is 42.5 Å². The van der Waals surface area contributed by atoms with Crippen molar-refractivity contribution < 1.29 is 29.4 Å². The number of amides is 3. The number of carbonyl (C=O) groups is 4. The highest BCUT2D eigenvalue weighted by atomic mass is 16.4. The average molecular weight is 344 g/mol. The summed E-state index contributed by atoms with van der Waals surface area (Å²) in [6.07, 6.45) is 0.336. The maximum absolute atomic E-state index is 12.1. The number of carboxylic acid groups (broad SMARTS) is 1. The fraction of sp³-hybridized carbons (Fsp3) is 0.714. The standard InChI is InChI=1S/C14H24N4O6/c1-7(17-13(23)9-4-3-5-15-9)12(22)18-11(8(2)19)14(24)16-6-10(20)21/h7-9,11,15,19H,3-6H2,1-2H3,(H,16,24)(H,17,23)(H,18,22)(H,20,21). The lowest BCUT2D eigenvalue weighted by Crippen LogP contribution is -2.57. The highest BCUT2D eigenvalue weighted by Gasteiger charge is 2.29. The van der Waals surface area contributed by atoms with Crippen molar-refractivity contribution >= 4 is 23.7 Å². The summed E-state index contributed by atoms with van der Waals surface area (Å²) in [4.78, 5) is 46.3. The maximum atomic E-state index is 12.1. The molecule has 4 atom stereocenters. The third-order valence-corrected chi connectivity index (χ3v) is 3.61. The first kappa shape index (κ1) is 19.8. The minimum Gasteiger partial charge on any atom is -0.480 e. The second-order valence-corrected chi connectivity index (χ2v) is 5.72. The topological polar surface area (TPSA) is 157 Å². The monoisotopic (exact) mass is 344 g/mol. The van der Waals surface area contributed by atoms with E-state index in [0.29, 0.717) is 6.42 Å². The van der Waals surface area contributed by atoms with Gasteiger partial charge in [0.15, 0.2) is 0 Å². The van der Waals surface area contributed by atoms with Crippen LogP contribution < -0.4 is 21.3 Å². The number of aliphatic carboxylic acids is 1. The van der Waals surface area contributed by atoms with Crippen LogP contribution in [0.5, 0.6) is 0 Å². The number of carbonyl (C=O) groups excluding carboxylic acids is 3. The van der Waals surface area contributed by atoms with Crippen LogP contribution in [0.1, 0.15) is 26.7 Å². The van der Waals surface area contributed by atoms with Crippen LogP contribution in [0.3, 0.4) is 0 Å². The molecule has 1 saturated heterocycles. The summed E-state index contributed by atoms with van der Waals surface area (Å²) in [5.74, 6) is -3.03. The second-order valence-electron chi connectivity index (χ2n) is 5.72. The Labute approximate surface area is 139 Å². The van der Waals surface area contributed by atoms with E-state index in [2.05, 4.69) is 21.3 Å². The number of aliphatic hydroxyl groups excluding tert-OH is 1. The van der Waals surface area contributed by atoms with Crippen LogP contribution in [-0.4, -0.2) is 71.2 Å². The summed E-state index contributed by atoms with van der Waals surface area (Å²) < 4.78 is 0. The van der Waals surface area contributed by atoms with Crippen LogP contribution in [0.2, 0.25) is 0 Å². The zero-order chi connectivity index (χ0) is 18.3. The molecule has 0 aromatic heterocycles. The van der Waals surface area contributed by atoms with Gasteiger partial charge in [-0.2, -0.15) is 0 Å². The molecule has 0 bridgehead atoms. The maximum Gasteiger partial charge on any atom is 0.322 e. The Hall–Kier alpha value is -2.20. The number of hydrogen-bond donors (Lipinski definition) is 6. The van der Waals surface area contributed by atoms with Gasteiger partial charge in [-0.25, -0.2) is 0 Å². The van der Waals surface area contributed by atoms with Crippen molar-refractivity contribution in [2.75, 3.05) is 13.1 Å². The Kier molecular flexibility index (Phi) is 7.59. The van der Waals surface area contributed by atoms with Crippen molar-refractivity contribution in [2.45, 2.75) is 50.9 Å². The SMILES string of the molecule is CC(NC(=O)C1CCCN1)C(=O)NC(C(=O)NCC(=O)O)C(C)O. The minimum atomic E-state index is -1.32. The van der Waals surface area contributed by atoms with Crippen LogP contribution in [0.4, 0.5) is 0 Å². The molecule has 0 aromatic rings. The molecule has 4 unspecified atom stereocenters. The Bertz CT molecular complexity index is 490. The summed E-state index contributed by atoms with van der Waals surface area (Å²) in [7, 11) is 0. The molecular formula is C14H24N4O6. The average Bonchev–Trinajstić information content (AvgIpc) is 3.03. The van der Waals surface area contributed by atoms with Gasteiger partial charge >= 0.3 is 5.97 Å². The molecule has 0 aromatic carbocycles. The number of aliphatic hydroxyl groups is 1. The number of hydrogen-bond acceptors (Lipinski definition) is 6. The Morgan fingerprint density at radius 1 is 1.17 bits per heavy atom. The molecule has 1 heterocycles. The van der Waals surface area contributed by atoms with Gasteiger partial charge in [0, 0.05) is 0 Å². The van der Waals surface area contributed by atoms with Crippen molar-refractivity contribution in [1.82, 2.24) is 21.3 Å². The van der Waals surface area contributed by atoms with Crippen LogP contribution in [-0.2, 0) is 19.2 Å². The molecule has 136 valence electrons. The third kappa shape index (κ3) is 6.13. The van der Waals surface area contributed by atoms with Crippen LogP contribution in [0.15, 0.2) is 0 Å². The number of nitrogens with one attached hydrogen (secondary N) is 4. The van der Waals surface area contributed by atoms with Gasteiger partial charge in [-0.3, -0.25) is 19.2 Å². The van der Waals surface area contributed by atoms with E-state index in [0.717, 1.165) is 13.0 Å². The van der Waals surface area contributed by atoms with E-state index in [1.807, 2.05) is 0 Å². The molecule has 24 heavy (non-hydrogen) atoms. The van der Waals surface area contributed by atoms with Gasteiger partial charge < -0.3 is 31.5 Å². The fourth-order valence-corrected chi connectivity index (χ4v) is 2.24. The lowest BCUT2D eigenvalue weighted by Gasteiger charge is -2.23. The summed E-state index contributed by atoms with van der Waals surface area (Å²) >= 11 is 0. The summed E-state index contributed by atoms with van der Waals surface area (Å²) in [5.41, 5.74) is 0. The van der Waals surface area contributed by atoms with E-state index in [9.17, 15) is 24.3 Å². The summed E-state index contributed by atoms with van der Waals surface area (Å²) in [6, 6.07) is -2.57. The molecular weight excluding hydrogens is 320 g/mol. The van der Waals surface area contributed by atoms with E-state index in [1.165, 1.54) is 13.8 Å². The Balaban J connectivity index is 2.55. The summed E-state index contributed by atoms with van der Waals surface area (Å²) in [6.45, 7) is 2.86. The van der Waals surface area contributed by atoms with E-state index in [1.54, 1.807) is 0 Å². The van der Waals surface area contributed by atoms with Crippen LogP contribution in [0.25, 0.3) is 0 Å². The third-order valence-electron chi connectivity index (χ3n) is 3.61. The normalized spacial score (nSPS) is 20.5. The molecule has 1 aliphatic heterocycles. The molecule has 10 nitrogen and oxygen atoms in total. The number of rotatable bonds is 8. The fourth-order valence-electron chi connectivity index (χ4n) is 2.24. The van der Waals surface area contributed by atoms with Crippen molar-refractivity contribution in [3.8, 4) is 0 Å². The van der Waals surface area contributed by atoms with Crippen molar-refractivity contribution in [2.24, 2.45) is 0 Å². The lowest BCUT2D eigenvalue weighted by atomic mass is 10.1. The quantitative estimate of drug-likeness (QED) is 0.280. The minimum absolute atomic E-state index is 0.306. The van der Waals surface area contributed by atoms with Gasteiger partial charge in [-0.15, -0.1) is 0 Å². The first-order valence-electron chi connectivity index (χ1n) is 7.74. The van der Waals surface area contributed by atoms with Gasteiger partial charge in [0.1, 0.15) is 18.6 Å². The Morgan fingerprint density at radius 3 is 2.33 bits per heavy atom. The highest BCUT2D eigenvalue weighted by molar-refractivity contribution is 5.93. The largest absolute Gasteiger partial charge is 0.480 e. The van der Waals surface area contributed by atoms with E-state index in [-0.39, 0.29) is 11.9 Å². The van der Waals surface area contributed by atoms with Gasteiger partial charge in [0.05, 0.1) is 12.1 Å². The predicted molar refractivity (Wildman–Crippen MR) is 82.9 cm³/mol. The zero-order valence-electron chi connectivity index (χ0n) is 13.7. The molecule has 1 rings (SSSR count). The highest BCUT2D eigenvalue weighted by Crippen LogP contribution is 2.05.